The molecule has 4 rings (SSSR count). The molecule has 2 unspecified atom stereocenters. The zero-order chi connectivity index (χ0) is 37.0. The maximum Gasteiger partial charge on any atom is 0.420 e. The van der Waals surface area contributed by atoms with Gasteiger partial charge in [-0.25, -0.2) is 18.9 Å². The van der Waals surface area contributed by atoms with Gasteiger partial charge >= 0.3 is 12.2 Å². The first-order valence-corrected chi connectivity index (χ1v) is 15.7. The number of carbonyl (C=O) groups excluding carboxylic acids is 5. The molecule has 268 valence electrons. The predicted molar refractivity (Wildman–Crippen MR) is 175 cm³/mol. The van der Waals surface area contributed by atoms with Gasteiger partial charge in [0.25, 0.3) is 17.7 Å². The summed E-state index contributed by atoms with van der Waals surface area (Å²) in [5, 5.41) is 23.0. The number of aliphatic hydroxyl groups excluding tert-OH is 1. The van der Waals surface area contributed by atoms with E-state index in [2.05, 4.69) is 5.32 Å². The number of nitriles is 1. The highest BCUT2D eigenvalue weighted by Gasteiger charge is 2.40. The van der Waals surface area contributed by atoms with Crippen molar-refractivity contribution in [2.45, 2.75) is 71.5 Å². The third kappa shape index (κ3) is 9.31. The highest BCUT2D eigenvalue weighted by Crippen LogP contribution is 2.28. The Morgan fingerprint density at radius 1 is 1.02 bits per heavy atom. The van der Waals surface area contributed by atoms with Crippen molar-refractivity contribution in [1.29, 1.82) is 5.26 Å². The Morgan fingerprint density at radius 3 is 2.20 bits per heavy atom. The molecule has 16 heteroatoms. The molecule has 2 aromatic carbocycles. The van der Waals surface area contributed by atoms with Gasteiger partial charge in [-0.1, -0.05) is 6.07 Å². The molecule has 2 heterocycles. The summed E-state index contributed by atoms with van der Waals surface area (Å²) in [5.74, 6) is -3.21. The fourth-order valence-electron chi connectivity index (χ4n) is 5.06. The summed E-state index contributed by atoms with van der Waals surface area (Å²) in [6, 6.07) is 10.3. The van der Waals surface area contributed by atoms with Gasteiger partial charge in [0, 0.05) is 30.2 Å². The lowest BCUT2D eigenvalue weighted by atomic mass is 10.1. The van der Waals surface area contributed by atoms with E-state index in [4.69, 9.17) is 18.9 Å². The topological polar surface area (TPSA) is 188 Å². The molecule has 0 radical (unpaired) electrons. The van der Waals surface area contributed by atoms with Gasteiger partial charge in [0.05, 0.1) is 25.3 Å². The lowest BCUT2D eigenvalue weighted by Crippen LogP contribution is -2.55. The Labute approximate surface area is 288 Å². The number of ether oxygens (including phenoxy) is 4. The van der Waals surface area contributed by atoms with Crippen LogP contribution in [0.2, 0.25) is 0 Å². The number of morpholine rings is 2. The van der Waals surface area contributed by atoms with Crippen molar-refractivity contribution in [1.82, 2.24) is 4.90 Å². The summed E-state index contributed by atoms with van der Waals surface area (Å²) in [5.41, 5.74) is -2.06. The highest BCUT2D eigenvalue weighted by molar-refractivity contribution is 6.04. The van der Waals surface area contributed by atoms with Crippen molar-refractivity contribution in [2.75, 3.05) is 48.0 Å². The Balaban J connectivity index is 1.54. The van der Waals surface area contributed by atoms with Crippen LogP contribution in [-0.4, -0.2) is 96.2 Å². The second-order valence-electron chi connectivity index (χ2n) is 13.5. The molecule has 2 N–H and O–H groups in total. The normalized spacial score (nSPS) is 17.5. The molecule has 5 amide bonds. The van der Waals surface area contributed by atoms with E-state index in [1.54, 1.807) is 71.9 Å². The fourth-order valence-corrected chi connectivity index (χ4v) is 5.06. The molecule has 2 aliphatic heterocycles. The largest absolute Gasteiger partial charge is 0.443 e. The molecule has 0 bridgehead atoms. The maximum atomic E-state index is 15.2. The third-order valence-electron chi connectivity index (χ3n) is 7.22. The summed E-state index contributed by atoms with van der Waals surface area (Å²) in [6.45, 7) is 9.44. The molecule has 0 saturated carbocycles. The first-order valence-electron chi connectivity index (χ1n) is 15.7. The zero-order valence-corrected chi connectivity index (χ0v) is 28.6. The number of nitrogens with zero attached hydrogens (tertiary/aromatic N) is 4. The zero-order valence-electron chi connectivity index (χ0n) is 28.6. The molecule has 2 fully saturated rings. The van der Waals surface area contributed by atoms with Crippen LogP contribution in [0.4, 0.5) is 31.0 Å². The quantitative estimate of drug-likeness (QED) is 0.431. The average molecular weight is 698 g/mol. The number of amides is 5. The fraction of sp³-hybridized carbons (Fsp3) is 0.471. The van der Waals surface area contributed by atoms with Crippen LogP contribution in [-0.2, 0) is 39.9 Å². The van der Waals surface area contributed by atoms with Crippen molar-refractivity contribution in [3.63, 3.8) is 0 Å². The highest BCUT2D eigenvalue weighted by atomic mass is 19.1. The standard InChI is InChI=1S/C34H40FN5O10/c1-33(2,3)49-31(45)40(32(46)50-34(4,5)6)18-20-14-21(15-25(35)24(20)17-36)37-29(43)27(42)28-30(44)39(11-13-48-28)23-9-7-8-22(16-23)38-10-12-47-19-26(38)41/h7-9,14-16,27-28,42H,10-13,18-19H2,1-6H3,(H,37,43). The molecular formula is C34H40FN5O10. The number of imide groups is 1. The van der Waals surface area contributed by atoms with Gasteiger partial charge in [0.15, 0.2) is 12.2 Å². The van der Waals surface area contributed by atoms with E-state index in [1.165, 1.54) is 9.80 Å². The minimum Gasteiger partial charge on any atom is -0.443 e. The summed E-state index contributed by atoms with van der Waals surface area (Å²) in [6.07, 6.45) is -5.95. The molecule has 2 aromatic rings. The number of nitrogens with one attached hydrogen (secondary N) is 1. The predicted octanol–water partition coefficient (Wildman–Crippen LogP) is 3.46. The van der Waals surface area contributed by atoms with Crippen LogP contribution in [0.15, 0.2) is 36.4 Å². The van der Waals surface area contributed by atoms with E-state index in [0.717, 1.165) is 12.1 Å². The Bertz CT molecular complexity index is 1670. The van der Waals surface area contributed by atoms with E-state index >= 15 is 4.39 Å². The first-order chi connectivity index (χ1) is 23.4. The molecular weight excluding hydrogens is 657 g/mol. The lowest BCUT2D eigenvalue weighted by Gasteiger charge is -2.35. The number of halogens is 1. The number of hydrogen-bond donors (Lipinski definition) is 2. The van der Waals surface area contributed by atoms with Gasteiger partial charge in [-0.3, -0.25) is 14.4 Å². The number of rotatable bonds is 7. The second-order valence-corrected chi connectivity index (χ2v) is 13.5. The summed E-state index contributed by atoms with van der Waals surface area (Å²) in [4.78, 5) is 68.5. The van der Waals surface area contributed by atoms with Crippen LogP contribution in [0, 0.1) is 17.1 Å². The molecule has 50 heavy (non-hydrogen) atoms. The minimum atomic E-state index is -2.06. The van der Waals surface area contributed by atoms with Crippen molar-refractivity contribution >= 4 is 47.0 Å². The van der Waals surface area contributed by atoms with Crippen LogP contribution in [0.1, 0.15) is 52.7 Å². The van der Waals surface area contributed by atoms with Crippen LogP contribution in [0.3, 0.4) is 0 Å². The SMILES string of the molecule is CC(C)(C)OC(=O)N(Cc1cc(NC(=O)C(O)C2OCCN(c3cccc(N4CCOCC4=O)c3)C2=O)cc(F)c1C#N)C(=O)OC(C)(C)C. The smallest absolute Gasteiger partial charge is 0.420 e. The summed E-state index contributed by atoms with van der Waals surface area (Å²) >= 11 is 0. The Morgan fingerprint density at radius 2 is 1.62 bits per heavy atom. The van der Waals surface area contributed by atoms with Gasteiger partial charge in [-0.15, -0.1) is 0 Å². The average Bonchev–Trinajstić information content (AvgIpc) is 3.02. The molecule has 0 spiro atoms. The van der Waals surface area contributed by atoms with Crippen LogP contribution < -0.4 is 15.1 Å². The second kappa shape index (κ2) is 15.2. The number of hydrogen-bond acceptors (Lipinski definition) is 11. The summed E-state index contributed by atoms with van der Waals surface area (Å²) < 4.78 is 36.5. The van der Waals surface area contributed by atoms with E-state index in [-0.39, 0.29) is 36.9 Å². The van der Waals surface area contributed by atoms with E-state index in [0.29, 0.717) is 29.4 Å². The van der Waals surface area contributed by atoms with E-state index in [1.807, 2.05) is 0 Å². The molecule has 0 aliphatic carbocycles. The van der Waals surface area contributed by atoms with Gasteiger partial charge in [-0.05, 0) is 77.4 Å². The number of carbonyl (C=O) groups is 5. The maximum absolute atomic E-state index is 15.2. The van der Waals surface area contributed by atoms with Crippen LogP contribution >= 0.6 is 0 Å². The van der Waals surface area contributed by atoms with Crippen molar-refractivity contribution < 1.29 is 52.4 Å². The molecule has 0 aromatic heterocycles. The van der Waals surface area contributed by atoms with Crippen LogP contribution in [0.5, 0.6) is 0 Å². The van der Waals surface area contributed by atoms with E-state index in [9.17, 15) is 34.3 Å². The van der Waals surface area contributed by atoms with Crippen molar-refractivity contribution in [3.05, 3.63) is 53.3 Å². The molecule has 2 atom stereocenters. The lowest BCUT2D eigenvalue weighted by molar-refractivity contribution is -0.150. The number of anilines is 3. The minimum absolute atomic E-state index is 0.0394. The number of benzene rings is 2. The number of aliphatic hydroxyl groups is 1. The van der Waals surface area contributed by atoms with Crippen LogP contribution in [0.25, 0.3) is 0 Å². The first kappa shape index (κ1) is 37.7. The van der Waals surface area contributed by atoms with Crippen molar-refractivity contribution in [2.24, 2.45) is 0 Å². The third-order valence-corrected chi connectivity index (χ3v) is 7.22. The van der Waals surface area contributed by atoms with Gasteiger partial charge in [0.2, 0.25) is 0 Å². The van der Waals surface area contributed by atoms with Gasteiger partial charge in [-0.2, -0.15) is 5.26 Å². The Kier molecular flexibility index (Phi) is 11.5. The van der Waals surface area contributed by atoms with Gasteiger partial charge in [0.1, 0.15) is 29.7 Å². The Hall–Kier alpha value is -5.11. The van der Waals surface area contributed by atoms with Crippen molar-refractivity contribution in [3.8, 4) is 6.07 Å². The monoisotopic (exact) mass is 697 g/mol. The molecule has 2 saturated heterocycles. The van der Waals surface area contributed by atoms with Gasteiger partial charge < -0.3 is 39.2 Å². The summed E-state index contributed by atoms with van der Waals surface area (Å²) in [7, 11) is 0. The van der Waals surface area contributed by atoms with E-state index < -0.39 is 65.3 Å². The molecule has 2 aliphatic rings. The molecule has 15 nitrogen and oxygen atoms in total.